The Labute approximate surface area is 183 Å². The average Bonchev–Trinajstić information content (AvgIpc) is 3.42. The van der Waals surface area contributed by atoms with E-state index in [0.29, 0.717) is 18.9 Å². The summed E-state index contributed by atoms with van der Waals surface area (Å²) in [6.07, 6.45) is 3.78. The molecule has 1 aromatic carbocycles. The van der Waals surface area contributed by atoms with E-state index in [1.807, 2.05) is 16.2 Å². The molecular weight excluding hydrogens is 392 g/mol. The number of thiophene rings is 1. The number of guanidine groups is 1. The number of carbonyl (C=O) groups excluding carboxylic acids is 1. The summed E-state index contributed by atoms with van der Waals surface area (Å²) in [6, 6.07) is 12.9. The molecular formula is C24H32N4OS. The highest BCUT2D eigenvalue weighted by molar-refractivity contribution is 7.10. The van der Waals surface area contributed by atoms with Gasteiger partial charge in [-0.25, -0.2) is 0 Å². The van der Waals surface area contributed by atoms with E-state index in [9.17, 15) is 4.79 Å². The van der Waals surface area contributed by atoms with E-state index in [2.05, 4.69) is 58.9 Å². The number of likely N-dealkylation sites (tertiary alicyclic amines) is 1. The Morgan fingerprint density at radius 1 is 1.20 bits per heavy atom. The number of rotatable bonds is 6. The molecule has 6 heteroatoms. The van der Waals surface area contributed by atoms with E-state index in [1.54, 1.807) is 0 Å². The van der Waals surface area contributed by atoms with Crippen LogP contribution in [0.1, 0.15) is 35.8 Å². The number of amides is 1. The third-order valence-corrected chi connectivity index (χ3v) is 7.06. The zero-order chi connectivity index (χ0) is 20.8. The van der Waals surface area contributed by atoms with Gasteiger partial charge in [0, 0.05) is 44.0 Å². The number of nitrogens with one attached hydrogen (secondary N) is 1. The smallest absolute Gasteiger partial charge is 0.224 e. The Bertz CT molecular complexity index is 863. The van der Waals surface area contributed by atoms with Crippen LogP contribution in [0.2, 0.25) is 0 Å². The van der Waals surface area contributed by atoms with Crippen molar-refractivity contribution in [2.75, 3.05) is 32.7 Å². The molecule has 1 atom stereocenters. The molecule has 1 amide bonds. The highest BCUT2D eigenvalue weighted by atomic mass is 32.1. The van der Waals surface area contributed by atoms with Crippen LogP contribution in [0.5, 0.6) is 0 Å². The molecule has 30 heavy (non-hydrogen) atoms. The molecule has 2 aromatic rings. The zero-order valence-corrected chi connectivity index (χ0v) is 18.7. The molecule has 1 N–H and O–H groups in total. The maximum Gasteiger partial charge on any atom is 0.224 e. The number of hydrogen-bond donors (Lipinski definition) is 1. The predicted molar refractivity (Wildman–Crippen MR) is 124 cm³/mol. The topological polar surface area (TPSA) is 47.9 Å². The number of fused-ring (bicyclic) bond motifs is 1. The standard InChI is InChI=1S/C24H32N4OS/c1-2-25-24(28-13-9-20(17-28)16-19-6-4-3-5-7-19)26-12-8-23(29)27-14-10-22-21(18-27)11-15-30-22/h3-7,11,15,20H,2,8-10,12-14,16-18H2,1H3,(H,25,26). The lowest BCUT2D eigenvalue weighted by Crippen LogP contribution is -2.40. The van der Waals surface area contributed by atoms with Crippen LogP contribution in [0.4, 0.5) is 0 Å². The van der Waals surface area contributed by atoms with Gasteiger partial charge in [0.05, 0.1) is 6.54 Å². The van der Waals surface area contributed by atoms with Gasteiger partial charge < -0.3 is 15.1 Å². The van der Waals surface area contributed by atoms with E-state index in [-0.39, 0.29) is 5.91 Å². The minimum absolute atomic E-state index is 0.217. The summed E-state index contributed by atoms with van der Waals surface area (Å²) in [6.45, 7) is 7.16. The van der Waals surface area contributed by atoms with Crippen LogP contribution in [0.25, 0.3) is 0 Å². The molecule has 5 nitrogen and oxygen atoms in total. The fourth-order valence-electron chi connectivity index (χ4n) is 4.44. The Kier molecular flexibility index (Phi) is 7.05. The van der Waals surface area contributed by atoms with Crippen molar-refractivity contribution < 1.29 is 4.79 Å². The van der Waals surface area contributed by atoms with Gasteiger partial charge in [-0.1, -0.05) is 30.3 Å². The van der Waals surface area contributed by atoms with Crippen molar-refractivity contribution in [3.05, 3.63) is 57.8 Å². The highest BCUT2D eigenvalue weighted by Crippen LogP contribution is 2.24. The predicted octanol–water partition coefficient (Wildman–Crippen LogP) is 3.55. The Balaban J connectivity index is 1.28. The Hall–Kier alpha value is -2.34. The van der Waals surface area contributed by atoms with Crippen LogP contribution < -0.4 is 5.32 Å². The second kappa shape index (κ2) is 10.1. The van der Waals surface area contributed by atoms with E-state index in [4.69, 9.17) is 4.99 Å². The van der Waals surface area contributed by atoms with E-state index < -0.39 is 0 Å². The van der Waals surface area contributed by atoms with Crippen LogP contribution in [0, 0.1) is 5.92 Å². The molecule has 0 aliphatic carbocycles. The van der Waals surface area contributed by atoms with Gasteiger partial charge in [0.1, 0.15) is 0 Å². The van der Waals surface area contributed by atoms with Crippen molar-refractivity contribution >= 4 is 23.2 Å². The monoisotopic (exact) mass is 424 g/mol. The SMILES string of the molecule is CCNC(=NCCC(=O)N1CCc2sccc2C1)N1CCC(Cc2ccccc2)C1. The summed E-state index contributed by atoms with van der Waals surface area (Å²) in [5, 5.41) is 5.56. The molecule has 0 spiro atoms. The number of aliphatic imine (C=N–C) groups is 1. The number of hydrogen-bond acceptors (Lipinski definition) is 3. The Morgan fingerprint density at radius 3 is 2.90 bits per heavy atom. The van der Waals surface area contributed by atoms with Crippen molar-refractivity contribution in [3.63, 3.8) is 0 Å². The minimum atomic E-state index is 0.217. The second-order valence-corrected chi connectivity index (χ2v) is 9.21. The molecule has 1 unspecified atom stereocenters. The lowest BCUT2D eigenvalue weighted by atomic mass is 9.99. The van der Waals surface area contributed by atoms with E-state index in [0.717, 1.165) is 51.5 Å². The first-order valence-electron chi connectivity index (χ1n) is 11.1. The molecule has 2 aliphatic rings. The summed E-state index contributed by atoms with van der Waals surface area (Å²) >= 11 is 1.81. The summed E-state index contributed by atoms with van der Waals surface area (Å²) in [5.41, 5.74) is 2.73. The van der Waals surface area contributed by atoms with Crippen molar-refractivity contribution in [1.82, 2.24) is 15.1 Å². The molecule has 3 heterocycles. The minimum Gasteiger partial charge on any atom is -0.357 e. The summed E-state index contributed by atoms with van der Waals surface area (Å²) in [4.78, 5) is 23.3. The van der Waals surface area contributed by atoms with Gasteiger partial charge in [-0.05, 0) is 54.7 Å². The van der Waals surface area contributed by atoms with Crippen molar-refractivity contribution in [3.8, 4) is 0 Å². The lowest BCUT2D eigenvalue weighted by Gasteiger charge is -2.27. The summed E-state index contributed by atoms with van der Waals surface area (Å²) in [7, 11) is 0. The fraction of sp³-hybridized carbons (Fsp3) is 0.500. The van der Waals surface area contributed by atoms with Gasteiger partial charge in [-0.2, -0.15) is 0 Å². The maximum absolute atomic E-state index is 12.7. The van der Waals surface area contributed by atoms with Gasteiger partial charge in [0.25, 0.3) is 0 Å². The number of nitrogens with zero attached hydrogens (tertiary/aromatic N) is 3. The van der Waals surface area contributed by atoms with Crippen LogP contribution in [-0.2, 0) is 24.2 Å². The molecule has 4 rings (SSSR count). The fourth-order valence-corrected chi connectivity index (χ4v) is 5.33. The number of benzene rings is 1. The Morgan fingerprint density at radius 2 is 2.07 bits per heavy atom. The largest absolute Gasteiger partial charge is 0.357 e. The normalized spacial score (nSPS) is 19.1. The van der Waals surface area contributed by atoms with Crippen LogP contribution >= 0.6 is 11.3 Å². The van der Waals surface area contributed by atoms with Gasteiger partial charge >= 0.3 is 0 Å². The molecule has 1 saturated heterocycles. The van der Waals surface area contributed by atoms with Gasteiger partial charge in [0.2, 0.25) is 5.91 Å². The zero-order valence-electron chi connectivity index (χ0n) is 17.8. The molecule has 1 fully saturated rings. The third-order valence-electron chi connectivity index (χ3n) is 6.04. The van der Waals surface area contributed by atoms with E-state index >= 15 is 0 Å². The van der Waals surface area contributed by atoms with Crippen LogP contribution in [0.15, 0.2) is 46.8 Å². The molecule has 2 aliphatic heterocycles. The van der Waals surface area contributed by atoms with Gasteiger partial charge in [-0.3, -0.25) is 9.79 Å². The quantitative estimate of drug-likeness (QED) is 0.570. The first-order chi connectivity index (χ1) is 14.7. The maximum atomic E-state index is 12.7. The molecule has 0 radical (unpaired) electrons. The van der Waals surface area contributed by atoms with Crippen molar-refractivity contribution in [2.45, 2.75) is 39.2 Å². The first kappa shape index (κ1) is 20.9. The van der Waals surface area contributed by atoms with E-state index in [1.165, 1.54) is 22.4 Å². The molecule has 1 aromatic heterocycles. The summed E-state index contributed by atoms with van der Waals surface area (Å²) in [5.74, 6) is 1.83. The molecule has 0 bridgehead atoms. The molecule has 0 saturated carbocycles. The van der Waals surface area contributed by atoms with Gasteiger partial charge in [-0.15, -0.1) is 11.3 Å². The van der Waals surface area contributed by atoms with Crippen molar-refractivity contribution in [2.24, 2.45) is 10.9 Å². The average molecular weight is 425 g/mol. The third kappa shape index (κ3) is 5.22. The van der Waals surface area contributed by atoms with Crippen molar-refractivity contribution in [1.29, 1.82) is 0 Å². The van der Waals surface area contributed by atoms with Crippen LogP contribution in [0.3, 0.4) is 0 Å². The van der Waals surface area contributed by atoms with Gasteiger partial charge in [0.15, 0.2) is 5.96 Å². The molecule has 160 valence electrons. The van der Waals surface area contributed by atoms with Crippen LogP contribution in [-0.4, -0.2) is 54.4 Å². The second-order valence-electron chi connectivity index (χ2n) is 8.21. The lowest BCUT2D eigenvalue weighted by molar-refractivity contribution is -0.131. The summed E-state index contributed by atoms with van der Waals surface area (Å²) < 4.78 is 0. The number of carbonyl (C=O) groups is 1. The first-order valence-corrected chi connectivity index (χ1v) is 12.0. The highest BCUT2D eigenvalue weighted by Gasteiger charge is 2.25.